The van der Waals surface area contributed by atoms with Crippen LogP contribution >= 0.6 is 0 Å². The van der Waals surface area contributed by atoms with Crippen LogP contribution in [0.2, 0.25) is 0 Å². The van der Waals surface area contributed by atoms with Crippen LogP contribution in [0.5, 0.6) is 11.5 Å². The Labute approximate surface area is 180 Å². The third-order valence-electron chi connectivity index (χ3n) is 5.71. The second kappa shape index (κ2) is 8.67. The van der Waals surface area contributed by atoms with Crippen LogP contribution in [-0.4, -0.2) is 59.1 Å². The van der Waals surface area contributed by atoms with Gasteiger partial charge in [-0.3, -0.25) is 9.59 Å². The number of methoxy groups -OCH3 is 1. The van der Waals surface area contributed by atoms with E-state index >= 15 is 0 Å². The summed E-state index contributed by atoms with van der Waals surface area (Å²) in [4.78, 5) is 40.8. The van der Waals surface area contributed by atoms with E-state index in [-0.39, 0.29) is 49.7 Å². The lowest BCUT2D eigenvalue weighted by Crippen LogP contribution is -2.44. The molecule has 2 saturated heterocycles. The lowest BCUT2D eigenvalue weighted by atomic mass is 10.0. The van der Waals surface area contributed by atoms with Crippen LogP contribution in [0.3, 0.4) is 0 Å². The summed E-state index contributed by atoms with van der Waals surface area (Å²) in [5, 5.41) is 9.62. The Kier molecular flexibility index (Phi) is 5.79. The molecule has 1 N–H and O–H groups in total. The van der Waals surface area contributed by atoms with Crippen LogP contribution in [-0.2, 0) is 27.3 Å². The summed E-state index contributed by atoms with van der Waals surface area (Å²) in [6.45, 7) is 0.613. The zero-order valence-corrected chi connectivity index (χ0v) is 17.2. The van der Waals surface area contributed by atoms with Gasteiger partial charge < -0.3 is 19.5 Å². The molecule has 2 fully saturated rings. The van der Waals surface area contributed by atoms with Gasteiger partial charge in [-0.05, 0) is 24.1 Å². The van der Waals surface area contributed by atoms with Crippen molar-refractivity contribution in [2.24, 2.45) is 5.92 Å². The number of cyclic esters (lactones) is 1. The quantitative estimate of drug-likeness (QED) is 0.765. The van der Waals surface area contributed by atoms with Crippen molar-refractivity contribution in [3.05, 3.63) is 59.7 Å². The standard InChI is InChI=1S/C23H24N2O6/c1-30-20-11-19(26)8-7-16(20)12-24-13-17(10-21(24)27)22(28)25-18(14-31-23(25)29)9-15-5-3-2-4-6-15/h2-8,11,17-18,26H,9-10,12-14H2,1H3/t17?,18-/m0/s1. The Morgan fingerprint density at radius 3 is 2.71 bits per heavy atom. The van der Waals surface area contributed by atoms with Crippen molar-refractivity contribution in [3.63, 3.8) is 0 Å². The average Bonchev–Trinajstić information content (AvgIpc) is 3.32. The minimum Gasteiger partial charge on any atom is -0.508 e. The zero-order valence-electron chi connectivity index (χ0n) is 17.2. The van der Waals surface area contributed by atoms with Crippen LogP contribution < -0.4 is 4.74 Å². The number of likely N-dealkylation sites (tertiary alicyclic amines) is 1. The number of hydrogen-bond acceptors (Lipinski definition) is 6. The van der Waals surface area contributed by atoms with Gasteiger partial charge in [0.05, 0.1) is 19.1 Å². The predicted molar refractivity (Wildman–Crippen MR) is 110 cm³/mol. The van der Waals surface area contributed by atoms with E-state index in [1.54, 1.807) is 11.0 Å². The molecule has 0 bridgehead atoms. The van der Waals surface area contributed by atoms with Gasteiger partial charge in [0.2, 0.25) is 11.8 Å². The number of carbonyl (C=O) groups excluding carboxylic acids is 3. The molecule has 4 rings (SSSR count). The highest BCUT2D eigenvalue weighted by atomic mass is 16.6. The second-order valence-electron chi connectivity index (χ2n) is 7.80. The van der Waals surface area contributed by atoms with Gasteiger partial charge in [0.1, 0.15) is 18.1 Å². The highest BCUT2D eigenvalue weighted by Crippen LogP contribution is 2.30. The number of benzene rings is 2. The highest BCUT2D eigenvalue weighted by Gasteiger charge is 2.44. The molecule has 162 valence electrons. The van der Waals surface area contributed by atoms with Crippen molar-refractivity contribution < 1.29 is 29.0 Å². The first-order chi connectivity index (χ1) is 15.0. The van der Waals surface area contributed by atoms with E-state index in [1.807, 2.05) is 30.3 Å². The average molecular weight is 424 g/mol. The molecular weight excluding hydrogens is 400 g/mol. The number of aromatic hydroxyl groups is 1. The maximum atomic E-state index is 13.2. The Morgan fingerprint density at radius 1 is 1.19 bits per heavy atom. The third-order valence-corrected chi connectivity index (χ3v) is 5.71. The van der Waals surface area contributed by atoms with E-state index in [2.05, 4.69) is 0 Å². The Morgan fingerprint density at radius 2 is 1.97 bits per heavy atom. The number of amides is 3. The molecule has 2 atom stereocenters. The zero-order chi connectivity index (χ0) is 22.0. The Bertz CT molecular complexity index is 993. The molecule has 2 aromatic rings. The topological polar surface area (TPSA) is 96.4 Å². The Hall–Kier alpha value is -3.55. The summed E-state index contributed by atoms with van der Waals surface area (Å²) >= 11 is 0. The summed E-state index contributed by atoms with van der Waals surface area (Å²) in [7, 11) is 1.49. The summed E-state index contributed by atoms with van der Waals surface area (Å²) in [5.74, 6) is -0.621. The van der Waals surface area contributed by atoms with Crippen LogP contribution in [0.4, 0.5) is 4.79 Å². The van der Waals surface area contributed by atoms with Crippen LogP contribution in [0.1, 0.15) is 17.5 Å². The van der Waals surface area contributed by atoms with Gasteiger partial charge in [-0.25, -0.2) is 9.69 Å². The number of phenolic OH excluding ortho intramolecular Hbond substituents is 1. The van der Waals surface area contributed by atoms with Crippen molar-refractivity contribution in [3.8, 4) is 11.5 Å². The molecular formula is C23H24N2O6. The van der Waals surface area contributed by atoms with E-state index in [0.29, 0.717) is 12.2 Å². The predicted octanol–water partition coefficient (Wildman–Crippen LogP) is 2.34. The van der Waals surface area contributed by atoms with Crippen LogP contribution in [0, 0.1) is 5.92 Å². The van der Waals surface area contributed by atoms with Crippen molar-refractivity contribution in [1.82, 2.24) is 9.80 Å². The van der Waals surface area contributed by atoms with Gasteiger partial charge >= 0.3 is 6.09 Å². The fourth-order valence-corrected chi connectivity index (χ4v) is 4.12. The summed E-state index contributed by atoms with van der Waals surface area (Å²) in [6, 6.07) is 13.9. The monoisotopic (exact) mass is 424 g/mol. The lowest BCUT2D eigenvalue weighted by molar-refractivity contribution is -0.134. The molecule has 0 saturated carbocycles. The van der Waals surface area contributed by atoms with Gasteiger partial charge in [0.15, 0.2) is 0 Å². The van der Waals surface area contributed by atoms with Crippen molar-refractivity contribution in [1.29, 1.82) is 0 Å². The van der Waals surface area contributed by atoms with E-state index in [4.69, 9.17) is 9.47 Å². The number of nitrogens with zero attached hydrogens (tertiary/aromatic N) is 2. The molecule has 2 aliphatic rings. The molecule has 8 nitrogen and oxygen atoms in total. The molecule has 2 aromatic carbocycles. The summed E-state index contributed by atoms with van der Waals surface area (Å²) in [6.07, 6.45) is -0.105. The van der Waals surface area contributed by atoms with Gasteiger partial charge in [-0.15, -0.1) is 0 Å². The maximum Gasteiger partial charge on any atom is 0.416 e. The summed E-state index contributed by atoms with van der Waals surface area (Å²) in [5.41, 5.74) is 1.73. The number of hydrogen-bond donors (Lipinski definition) is 1. The van der Waals surface area contributed by atoms with Crippen molar-refractivity contribution >= 4 is 17.9 Å². The summed E-state index contributed by atoms with van der Waals surface area (Å²) < 4.78 is 10.4. The lowest BCUT2D eigenvalue weighted by Gasteiger charge is -2.23. The molecule has 8 heteroatoms. The fourth-order valence-electron chi connectivity index (χ4n) is 4.12. The molecule has 0 aliphatic carbocycles. The van der Waals surface area contributed by atoms with E-state index < -0.39 is 12.0 Å². The Balaban J connectivity index is 1.45. The highest BCUT2D eigenvalue weighted by molar-refractivity contribution is 5.98. The molecule has 3 amide bonds. The molecule has 31 heavy (non-hydrogen) atoms. The number of phenols is 1. The first-order valence-corrected chi connectivity index (χ1v) is 10.1. The molecule has 0 aromatic heterocycles. The van der Waals surface area contributed by atoms with Gasteiger partial charge in [0.25, 0.3) is 0 Å². The first kappa shape index (κ1) is 20.7. The van der Waals surface area contributed by atoms with E-state index in [1.165, 1.54) is 24.1 Å². The smallest absolute Gasteiger partial charge is 0.416 e. The minimum absolute atomic E-state index is 0.0427. The first-order valence-electron chi connectivity index (χ1n) is 10.1. The number of rotatable bonds is 6. The fraction of sp³-hybridized carbons (Fsp3) is 0.348. The molecule has 2 heterocycles. The minimum atomic E-state index is -0.656. The SMILES string of the molecule is COc1cc(O)ccc1CN1CC(C(=O)N2C(=O)OC[C@@H]2Cc2ccccc2)CC1=O. The van der Waals surface area contributed by atoms with Gasteiger partial charge in [0, 0.05) is 31.1 Å². The van der Waals surface area contributed by atoms with Crippen molar-refractivity contribution in [2.45, 2.75) is 25.4 Å². The maximum absolute atomic E-state index is 13.2. The molecule has 1 unspecified atom stereocenters. The third kappa shape index (κ3) is 4.33. The van der Waals surface area contributed by atoms with E-state index in [9.17, 15) is 19.5 Å². The molecule has 2 aliphatic heterocycles. The van der Waals surface area contributed by atoms with Crippen molar-refractivity contribution in [2.75, 3.05) is 20.3 Å². The largest absolute Gasteiger partial charge is 0.508 e. The number of ether oxygens (including phenoxy) is 2. The number of carbonyl (C=O) groups is 3. The van der Waals surface area contributed by atoms with Gasteiger partial charge in [-0.1, -0.05) is 30.3 Å². The number of imide groups is 1. The second-order valence-corrected chi connectivity index (χ2v) is 7.80. The van der Waals surface area contributed by atoms with Gasteiger partial charge in [-0.2, -0.15) is 0 Å². The molecule has 0 radical (unpaired) electrons. The van der Waals surface area contributed by atoms with Crippen LogP contribution in [0.15, 0.2) is 48.5 Å². The molecule has 0 spiro atoms. The normalized spacial score (nSPS) is 20.8. The van der Waals surface area contributed by atoms with Crippen LogP contribution in [0.25, 0.3) is 0 Å². The van der Waals surface area contributed by atoms with E-state index in [0.717, 1.165) is 11.1 Å².